The minimum atomic E-state index is -0.660. The quantitative estimate of drug-likeness (QED) is 0.452. The van der Waals surface area contributed by atoms with Gasteiger partial charge in [0.05, 0.1) is 17.6 Å². The van der Waals surface area contributed by atoms with Crippen molar-refractivity contribution in [1.29, 1.82) is 0 Å². The minimum absolute atomic E-state index is 0.0102. The number of hydrogen-bond acceptors (Lipinski definition) is 7. The highest BCUT2D eigenvalue weighted by molar-refractivity contribution is 5.98. The van der Waals surface area contributed by atoms with Crippen LogP contribution in [0.2, 0.25) is 0 Å². The van der Waals surface area contributed by atoms with Gasteiger partial charge in [0.15, 0.2) is 12.4 Å². The molecule has 3 rings (SSSR count). The van der Waals surface area contributed by atoms with Crippen molar-refractivity contribution in [3.8, 4) is 11.5 Å². The molecule has 2 aromatic carbocycles. The van der Waals surface area contributed by atoms with Crippen LogP contribution in [-0.2, 0) is 14.3 Å². The number of nitro groups is 1. The number of ether oxygens (including phenoxy) is 3. The van der Waals surface area contributed by atoms with E-state index in [1.54, 1.807) is 25.1 Å². The van der Waals surface area contributed by atoms with Crippen molar-refractivity contribution < 1.29 is 28.7 Å². The van der Waals surface area contributed by atoms with E-state index in [9.17, 15) is 19.7 Å². The first-order valence-electron chi connectivity index (χ1n) is 8.61. The van der Waals surface area contributed by atoms with Gasteiger partial charge in [-0.1, -0.05) is 18.2 Å². The second kappa shape index (κ2) is 8.42. The van der Waals surface area contributed by atoms with E-state index in [0.717, 1.165) is 5.56 Å². The lowest BCUT2D eigenvalue weighted by atomic mass is 10.1. The highest BCUT2D eigenvalue weighted by Gasteiger charge is 2.21. The Morgan fingerprint density at radius 1 is 1.28 bits per heavy atom. The number of fused-ring (bicyclic) bond motifs is 1. The number of anilines is 1. The lowest BCUT2D eigenvalue weighted by Gasteiger charge is -2.17. The summed E-state index contributed by atoms with van der Waals surface area (Å²) in [6.07, 6.45) is 1.66. The number of carbonyl (C=O) groups is 2. The lowest BCUT2D eigenvalue weighted by Crippen LogP contribution is -2.24. The number of benzene rings is 2. The van der Waals surface area contributed by atoms with Crippen LogP contribution >= 0.6 is 0 Å². The van der Waals surface area contributed by atoms with E-state index in [1.165, 1.54) is 19.2 Å². The zero-order chi connectivity index (χ0) is 21.0. The number of carbonyl (C=O) groups excluding carboxylic acids is 2. The topological polar surface area (TPSA) is 117 Å². The molecule has 0 aromatic heterocycles. The molecule has 9 heteroatoms. The third-order valence-corrected chi connectivity index (χ3v) is 4.23. The van der Waals surface area contributed by atoms with Crippen LogP contribution in [0, 0.1) is 17.0 Å². The van der Waals surface area contributed by atoms with Gasteiger partial charge >= 0.3 is 11.7 Å². The van der Waals surface area contributed by atoms with Crippen LogP contribution in [0.25, 0.3) is 6.08 Å². The molecule has 1 N–H and O–H groups in total. The van der Waals surface area contributed by atoms with Crippen LogP contribution in [-0.4, -0.2) is 37.1 Å². The summed E-state index contributed by atoms with van der Waals surface area (Å²) in [6, 6.07) is 9.89. The first-order valence-corrected chi connectivity index (χ1v) is 8.61. The van der Waals surface area contributed by atoms with Crippen LogP contribution in [0.15, 0.2) is 42.0 Å². The van der Waals surface area contributed by atoms with Gasteiger partial charge < -0.3 is 19.5 Å². The molecule has 1 amide bonds. The summed E-state index contributed by atoms with van der Waals surface area (Å²) in [5.74, 6) is -0.566. The Morgan fingerprint density at radius 3 is 2.76 bits per heavy atom. The fraction of sp³-hybridized carbons (Fsp3) is 0.200. The number of nitrogens with one attached hydrogen (secondary N) is 1. The number of nitrogens with zero attached hydrogens (tertiary/aromatic N) is 1. The number of amides is 1. The van der Waals surface area contributed by atoms with Crippen molar-refractivity contribution >= 4 is 29.3 Å². The SMILES string of the molecule is COc1cc(NC(=O)COC(=O)C2=Cc3ccccc3OC2)c(C)cc1[N+](=O)[O-]. The normalized spacial score (nSPS) is 12.1. The highest BCUT2D eigenvalue weighted by atomic mass is 16.6. The number of hydrogen-bond donors (Lipinski definition) is 1. The van der Waals surface area contributed by atoms with E-state index in [-0.39, 0.29) is 18.0 Å². The molecule has 0 spiro atoms. The van der Waals surface area contributed by atoms with Crippen molar-refractivity contribution in [1.82, 2.24) is 0 Å². The molecule has 0 unspecified atom stereocenters. The van der Waals surface area contributed by atoms with Crippen molar-refractivity contribution in [2.24, 2.45) is 0 Å². The fourth-order valence-corrected chi connectivity index (χ4v) is 2.76. The molecular weight excluding hydrogens is 380 g/mol. The van der Waals surface area contributed by atoms with Gasteiger partial charge in [0.2, 0.25) is 0 Å². The van der Waals surface area contributed by atoms with Crippen molar-refractivity contribution in [3.05, 3.63) is 63.2 Å². The Hall–Kier alpha value is -3.88. The van der Waals surface area contributed by atoms with Crippen LogP contribution in [0.1, 0.15) is 11.1 Å². The van der Waals surface area contributed by atoms with E-state index in [4.69, 9.17) is 14.2 Å². The first-order chi connectivity index (χ1) is 13.9. The summed E-state index contributed by atoms with van der Waals surface area (Å²) in [4.78, 5) is 34.8. The van der Waals surface area contributed by atoms with E-state index < -0.39 is 23.4 Å². The predicted octanol–water partition coefficient (Wildman–Crippen LogP) is 2.87. The number of methoxy groups -OCH3 is 1. The van der Waals surface area contributed by atoms with E-state index in [0.29, 0.717) is 22.6 Å². The molecule has 2 aromatic rings. The van der Waals surface area contributed by atoms with Gasteiger partial charge in [0.1, 0.15) is 12.4 Å². The Labute approximate surface area is 166 Å². The molecule has 0 saturated heterocycles. The van der Waals surface area contributed by atoms with Gasteiger partial charge in [0.25, 0.3) is 5.91 Å². The molecule has 1 heterocycles. The highest BCUT2D eigenvalue weighted by Crippen LogP contribution is 2.32. The molecule has 9 nitrogen and oxygen atoms in total. The molecule has 1 aliphatic heterocycles. The summed E-state index contributed by atoms with van der Waals surface area (Å²) in [7, 11) is 1.29. The lowest BCUT2D eigenvalue weighted by molar-refractivity contribution is -0.385. The third kappa shape index (κ3) is 4.52. The average Bonchev–Trinajstić information content (AvgIpc) is 2.72. The molecule has 150 valence electrons. The summed E-state index contributed by atoms with van der Waals surface area (Å²) in [5.41, 5.74) is 1.63. The van der Waals surface area contributed by atoms with E-state index in [2.05, 4.69) is 5.32 Å². The maximum Gasteiger partial charge on any atom is 0.338 e. The molecule has 0 saturated carbocycles. The number of rotatable bonds is 6. The zero-order valence-corrected chi connectivity index (χ0v) is 15.8. The number of para-hydroxylation sites is 1. The molecule has 0 aliphatic carbocycles. The number of esters is 1. The van der Waals surface area contributed by atoms with Crippen LogP contribution in [0.4, 0.5) is 11.4 Å². The summed E-state index contributed by atoms with van der Waals surface area (Å²) < 4.78 is 15.5. The third-order valence-electron chi connectivity index (χ3n) is 4.23. The Morgan fingerprint density at radius 2 is 2.03 bits per heavy atom. The molecule has 0 bridgehead atoms. The number of nitro benzene ring substituents is 1. The van der Waals surface area contributed by atoms with Gasteiger partial charge in [0, 0.05) is 23.4 Å². The van der Waals surface area contributed by atoms with Crippen molar-refractivity contribution in [2.45, 2.75) is 6.92 Å². The monoisotopic (exact) mass is 398 g/mol. The summed E-state index contributed by atoms with van der Waals surface area (Å²) in [5, 5.41) is 13.6. The maximum absolute atomic E-state index is 12.2. The van der Waals surface area contributed by atoms with Crippen LogP contribution in [0.3, 0.4) is 0 Å². The van der Waals surface area contributed by atoms with E-state index >= 15 is 0 Å². The van der Waals surface area contributed by atoms with Gasteiger partial charge in [-0.2, -0.15) is 0 Å². The largest absolute Gasteiger partial charge is 0.490 e. The maximum atomic E-state index is 12.2. The first kappa shape index (κ1) is 19.9. The van der Waals surface area contributed by atoms with Gasteiger partial charge in [-0.05, 0) is 24.6 Å². The van der Waals surface area contributed by atoms with Gasteiger partial charge in [-0.15, -0.1) is 0 Å². The van der Waals surface area contributed by atoms with E-state index in [1.807, 2.05) is 12.1 Å². The molecule has 29 heavy (non-hydrogen) atoms. The minimum Gasteiger partial charge on any atom is -0.490 e. The summed E-state index contributed by atoms with van der Waals surface area (Å²) >= 11 is 0. The van der Waals surface area contributed by atoms with Gasteiger partial charge in [-0.25, -0.2) is 4.79 Å². The van der Waals surface area contributed by atoms with Gasteiger partial charge in [-0.3, -0.25) is 14.9 Å². The molecule has 0 atom stereocenters. The summed E-state index contributed by atoms with van der Waals surface area (Å²) in [6.45, 7) is 1.14. The standard InChI is InChI=1S/C20H18N2O7/c1-12-7-16(22(25)26)18(27-2)9-15(12)21-19(23)11-29-20(24)14-8-13-5-3-4-6-17(13)28-10-14/h3-9H,10-11H2,1-2H3,(H,21,23). The average molecular weight is 398 g/mol. The number of aryl methyl sites for hydroxylation is 1. The Bertz CT molecular complexity index is 1010. The van der Waals surface area contributed by atoms with Crippen LogP contribution < -0.4 is 14.8 Å². The fourth-order valence-electron chi connectivity index (χ4n) is 2.76. The van der Waals surface area contributed by atoms with Crippen molar-refractivity contribution in [2.75, 3.05) is 25.6 Å². The smallest absolute Gasteiger partial charge is 0.338 e. The Kier molecular flexibility index (Phi) is 5.77. The molecule has 0 fully saturated rings. The van der Waals surface area contributed by atoms with Crippen LogP contribution in [0.5, 0.6) is 11.5 Å². The second-order valence-electron chi connectivity index (χ2n) is 6.22. The Balaban J connectivity index is 1.63. The zero-order valence-electron chi connectivity index (χ0n) is 15.8. The predicted molar refractivity (Wildman–Crippen MR) is 104 cm³/mol. The second-order valence-corrected chi connectivity index (χ2v) is 6.22. The van der Waals surface area contributed by atoms with Crippen molar-refractivity contribution in [3.63, 3.8) is 0 Å². The molecule has 1 aliphatic rings. The molecular formula is C20H18N2O7. The molecule has 0 radical (unpaired) electrons.